The van der Waals surface area contributed by atoms with Crippen LogP contribution in [0.1, 0.15) is 0 Å². The van der Waals surface area contributed by atoms with Crippen molar-refractivity contribution in [1.29, 1.82) is 0 Å². The topological polar surface area (TPSA) is 41.6 Å². The molecule has 0 spiro atoms. The van der Waals surface area contributed by atoms with Crippen LogP contribution in [-0.2, 0) is 0 Å². The summed E-state index contributed by atoms with van der Waals surface area (Å²) in [6.45, 7) is 0. The number of aromatic amines is 1. The Morgan fingerprint density at radius 2 is 1.84 bits per heavy atom. The van der Waals surface area contributed by atoms with Crippen molar-refractivity contribution in [2.24, 2.45) is 0 Å². The van der Waals surface area contributed by atoms with Crippen LogP contribution in [0.4, 0.5) is 0 Å². The molecule has 0 aliphatic rings. The molecule has 0 radical (unpaired) electrons. The van der Waals surface area contributed by atoms with Crippen molar-refractivity contribution < 1.29 is 0 Å². The molecule has 0 unspecified atom stereocenters. The summed E-state index contributed by atoms with van der Waals surface area (Å²) in [6.07, 6.45) is 3.59. The van der Waals surface area contributed by atoms with E-state index in [0.717, 1.165) is 27.6 Å². The molecule has 5 heteroatoms. The van der Waals surface area contributed by atoms with Gasteiger partial charge in [0.2, 0.25) is 0 Å². The third-order valence-corrected chi connectivity index (χ3v) is 5.66. The lowest BCUT2D eigenvalue weighted by molar-refractivity contribution is 1.12. The SMILES string of the molecule is Clc1cc(-c2cc(-c3cc4ccccc4s3)c3[nH]ncc3c2)ccn1. The first-order chi connectivity index (χ1) is 12.3. The van der Waals surface area contributed by atoms with Crippen molar-refractivity contribution in [3.63, 3.8) is 0 Å². The number of thiophene rings is 1. The second-order valence-electron chi connectivity index (χ2n) is 5.87. The summed E-state index contributed by atoms with van der Waals surface area (Å²) in [5.41, 5.74) is 4.35. The number of fused-ring (bicyclic) bond motifs is 2. The van der Waals surface area contributed by atoms with Gasteiger partial charge in [-0.1, -0.05) is 29.8 Å². The van der Waals surface area contributed by atoms with Crippen molar-refractivity contribution in [2.45, 2.75) is 0 Å². The van der Waals surface area contributed by atoms with E-state index in [0.29, 0.717) is 5.15 Å². The van der Waals surface area contributed by atoms with Gasteiger partial charge in [-0.25, -0.2) is 4.98 Å². The fourth-order valence-corrected chi connectivity index (χ4v) is 4.37. The number of H-pyrrole nitrogens is 1. The van der Waals surface area contributed by atoms with Gasteiger partial charge in [-0.05, 0) is 52.9 Å². The Morgan fingerprint density at radius 3 is 2.72 bits per heavy atom. The molecule has 3 nitrogen and oxygen atoms in total. The van der Waals surface area contributed by atoms with Gasteiger partial charge in [0.25, 0.3) is 0 Å². The Bertz CT molecular complexity index is 1190. The zero-order chi connectivity index (χ0) is 16.8. The van der Waals surface area contributed by atoms with Crippen LogP contribution in [0.15, 0.2) is 67.0 Å². The van der Waals surface area contributed by atoms with Crippen molar-refractivity contribution in [2.75, 3.05) is 0 Å². The number of hydrogen-bond acceptors (Lipinski definition) is 3. The zero-order valence-electron chi connectivity index (χ0n) is 13.0. The van der Waals surface area contributed by atoms with E-state index in [1.165, 1.54) is 15.0 Å². The third kappa shape index (κ3) is 2.51. The van der Waals surface area contributed by atoms with E-state index in [1.54, 1.807) is 17.5 Å². The molecular weight excluding hydrogens is 350 g/mol. The summed E-state index contributed by atoms with van der Waals surface area (Å²) >= 11 is 7.86. The predicted octanol–water partition coefficient (Wildman–Crippen LogP) is 6.16. The molecule has 1 N–H and O–H groups in total. The summed E-state index contributed by atoms with van der Waals surface area (Å²) in [5, 5.41) is 10.2. The highest BCUT2D eigenvalue weighted by molar-refractivity contribution is 7.22. The first-order valence-electron chi connectivity index (χ1n) is 7.86. The minimum Gasteiger partial charge on any atom is -0.277 e. The molecule has 2 aromatic carbocycles. The smallest absolute Gasteiger partial charge is 0.129 e. The molecule has 0 fully saturated rings. The molecule has 0 amide bonds. The Morgan fingerprint density at radius 1 is 0.920 bits per heavy atom. The summed E-state index contributed by atoms with van der Waals surface area (Å²) in [6, 6.07) is 18.9. The van der Waals surface area contributed by atoms with Crippen molar-refractivity contribution >= 4 is 43.9 Å². The van der Waals surface area contributed by atoms with Gasteiger partial charge in [-0.15, -0.1) is 11.3 Å². The van der Waals surface area contributed by atoms with Crippen molar-refractivity contribution in [3.8, 4) is 21.6 Å². The summed E-state index contributed by atoms with van der Waals surface area (Å²) in [5.74, 6) is 0. The third-order valence-electron chi connectivity index (χ3n) is 4.30. The Kier molecular flexibility index (Phi) is 3.33. The molecule has 5 rings (SSSR count). The van der Waals surface area contributed by atoms with Crippen LogP contribution in [-0.4, -0.2) is 15.2 Å². The van der Waals surface area contributed by atoms with E-state index in [9.17, 15) is 0 Å². The Labute approximate surface area is 152 Å². The predicted molar refractivity (Wildman–Crippen MR) is 105 cm³/mol. The largest absolute Gasteiger partial charge is 0.277 e. The van der Waals surface area contributed by atoms with Crippen LogP contribution < -0.4 is 0 Å². The standard InChI is InChI=1S/C20H12ClN3S/c21-19-10-12(5-6-22-19)14-7-15-11-23-24-20(15)16(8-14)18-9-13-3-1-2-4-17(13)25-18/h1-11H,(H,23,24). The van der Waals surface area contributed by atoms with Crippen LogP contribution in [0, 0.1) is 0 Å². The van der Waals surface area contributed by atoms with Gasteiger partial charge < -0.3 is 0 Å². The fourth-order valence-electron chi connectivity index (χ4n) is 3.12. The van der Waals surface area contributed by atoms with E-state index in [-0.39, 0.29) is 0 Å². The van der Waals surface area contributed by atoms with Gasteiger partial charge in [0.05, 0.1) is 11.7 Å². The van der Waals surface area contributed by atoms with Gasteiger partial charge in [0.1, 0.15) is 5.15 Å². The van der Waals surface area contributed by atoms with Gasteiger partial charge in [0, 0.05) is 26.7 Å². The normalized spacial score (nSPS) is 11.4. The van der Waals surface area contributed by atoms with E-state index < -0.39 is 0 Å². The van der Waals surface area contributed by atoms with Crippen LogP contribution in [0.5, 0.6) is 0 Å². The Hall–Kier alpha value is -2.69. The lowest BCUT2D eigenvalue weighted by Crippen LogP contribution is -1.84. The highest BCUT2D eigenvalue weighted by Crippen LogP contribution is 2.39. The lowest BCUT2D eigenvalue weighted by atomic mass is 10.0. The van der Waals surface area contributed by atoms with Crippen LogP contribution in [0.3, 0.4) is 0 Å². The highest BCUT2D eigenvalue weighted by atomic mass is 35.5. The zero-order valence-corrected chi connectivity index (χ0v) is 14.6. The second-order valence-corrected chi connectivity index (χ2v) is 7.34. The lowest BCUT2D eigenvalue weighted by Gasteiger charge is -2.07. The van der Waals surface area contributed by atoms with Crippen molar-refractivity contribution in [3.05, 3.63) is 72.1 Å². The van der Waals surface area contributed by atoms with E-state index >= 15 is 0 Å². The maximum atomic E-state index is 6.07. The quantitative estimate of drug-likeness (QED) is 0.382. The average Bonchev–Trinajstić information content (AvgIpc) is 3.27. The molecule has 0 saturated heterocycles. The number of hydrogen-bond donors (Lipinski definition) is 1. The molecule has 120 valence electrons. The molecule has 5 aromatic rings. The number of rotatable bonds is 2. The minimum absolute atomic E-state index is 0.494. The monoisotopic (exact) mass is 361 g/mol. The molecule has 0 aliphatic carbocycles. The summed E-state index contributed by atoms with van der Waals surface area (Å²) in [4.78, 5) is 5.30. The van der Waals surface area contributed by atoms with E-state index in [2.05, 4.69) is 57.6 Å². The van der Waals surface area contributed by atoms with E-state index in [1.807, 2.05) is 18.3 Å². The maximum Gasteiger partial charge on any atom is 0.129 e. The van der Waals surface area contributed by atoms with E-state index in [4.69, 9.17) is 11.6 Å². The minimum atomic E-state index is 0.494. The number of halogens is 1. The second kappa shape index (κ2) is 5.69. The molecule has 3 heterocycles. The number of aromatic nitrogens is 3. The molecule has 3 aromatic heterocycles. The first kappa shape index (κ1) is 14.6. The molecule has 0 atom stereocenters. The molecule has 0 bridgehead atoms. The summed E-state index contributed by atoms with van der Waals surface area (Å²) in [7, 11) is 0. The number of benzene rings is 2. The number of nitrogens with one attached hydrogen (secondary N) is 1. The average molecular weight is 362 g/mol. The maximum absolute atomic E-state index is 6.07. The molecule has 0 aliphatic heterocycles. The van der Waals surface area contributed by atoms with Gasteiger partial charge in [-0.2, -0.15) is 5.10 Å². The first-order valence-corrected chi connectivity index (χ1v) is 9.05. The fraction of sp³-hybridized carbons (Fsp3) is 0. The number of pyridine rings is 1. The Balaban J connectivity index is 1.78. The molecule has 25 heavy (non-hydrogen) atoms. The highest BCUT2D eigenvalue weighted by Gasteiger charge is 2.12. The van der Waals surface area contributed by atoms with Crippen LogP contribution in [0.25, 0.3) is 42.6 Å². The summed E-state index contributed by atoms with van der Waals surface area (Å²) < 4.78 is 1.28. The molecule has 0 saturated carbocycles. The molecular formula is C20H12ClN3S. The van der Waals surface area contributed by atoms with Gasteiger partial charge >= 0.3 is 0 Å². The van der Waals surface area contributed by atoms with Crippen molar-refractivity contribution in [1.82, 2.24) is 15.2 Å². The number of nitrogens with zero attached hydrogens (tertiary/aromatic N) is 2. The van der Waals surface area contributed by atoms with Gasteiger partial charge in [-0.3, -0.25) is 5.10 Å². The van der Waals surface area contributed by atoms with Crippen LogP contribution >= 0.6 is 22.9 Å². The van der Waals surface area contributed by atoms with Crippen LogP contribution in [0.2, 0.25) is 5.15 Å². The van der Waals surface area contributed by atoms with Gasteiger partial charge in [0.15, 0.2) is 0 Å².